The molecule has 118 valence electrons. The molecule has 24 heavy (non-hydrogen) atoms. The minimum absolute atomic E-state index is 0.365. The lowest BCUT2D eigenvalue weighted by atomic mass is 9.88. The van der Waals surface area contributed by atoms with Gasteiger partial charge in [0.1, 0.15) is 0 Å². The van der Waals surface area contributed by atoms with E-state index in [9.17, 15) is 4.79 Å². The highest BCUT2D eigenvalue weighted by Crippen LogP contribution is 2.46. The van der Waals surface area contributed by atoms with Gasteiger partial charge >= 0.3 is 0 Å². The molecule has 0 unspecified atom stereocenters. The van der Waals surface area contributed by atoms with Gasteiger partial charge in [-0.25, -0.2) is 4.39 Å². The summed E-state index contributed by atoms with van der Waals surface area (Å²) >= 11 is 0. The highest BCUT2D eigenvalue weighted by molar-refractivity contribution is 6.08. The molecule has 1 amide bonds. The Morgan fingerprint density at radius 2 is 1.38 bits per heavy atom. The fourth-order valence-corrected chi connectivity index (χ4v) is 3.32. The Morgan fingerprint density at radius 3 is 2.08 bits per heavy atom. The zero-order valence-corrected chi connectivity index (χ0v) is 13.2. The molecular formula is C21H16FNO. The second-order valence-electron chi connectivity index (χ2n) is 5.98. The van der Waals surface area contributed by atoms with E-state index in [-0.39, 0.29) is 0 Å². The minimum Gasteiger partial charge on any atom is -0.312 e. The first-order valence-electron chi connectivity index (χ1n) is 7.85. The van der Waals surface area contributed by atoms with Crippen LogP contribution in [0, 0.1) is 0 Å². The largest absolute Gasteiger partial charge is 0.312 e. The number of amides is 1. The van der Waals surface area contributed by atoms with Gasteiger partial charge in [0.2, 0.25) is 5.67 Å². The van der Waals surface area contributed by atoms with Crippen molar-refractivity contribution in [2.24, 2.45) is 0 Å². The van der Waals surface area contributed by atoms with Crippen LogP contribution in [0.2, 0.25) is 0 Å². The number of fused-ring (bicyclic) bond motifs is 1. The second kappa shape index (κ2) is 5.31. The van der Waals surface area contributed by atoms with Gasteiger partial charge < -0.3 is 4.90 Å². The predicted octanol–water partition coefficient (Wildman–Crippen LogP) is 4.54. The molecule has 1 heterocycles. The first-order valence-corrected chi connectivity index (χ1v) is 7.85. The molecule has 3 heteroatoms. The van der Waals surface area contributed by atoms with Crippen LogP contribution in [0.1, 0.15) is 11.1 Å². The summed E-state index contributed by atoms with van der Waals surface area (Å²) < 4.78 is 15.8. The number of benzene rings is 3. The lowest BCUT2D eigenvalue weighted by molar-refractivity contribution is -0.126. The Hall–Kier alpha value is -2.94. The lowest BCUT2D eigenvalue weighted by Gasteiger charge is -2.20. The zero-order valence-electron chi connectivity index (χ0n) is 13.2. The summed E-state index contributed by atoms with van der Waals surface area (Å²) in [6.45, 7) is 0. The van der Waals surface area contributed by atoms with E-state index >= 15 is 4.39 Å². The predicted molar refractivity (Wildman–Crippen MR) is 93.6 cm³/mol. The summed E-state index contributed by atoms with van der Waals surface area (Å²) in [4.78, 5) is 14.0. The number of anilines is 1. The summed E-state index contributed by atoms with van der Waals surface area (Å²) in [6, 6.07) is 24.1. The zero-order chi connectivity index (χ0) is 16.7. The van der Waals surface area contributed by atoms with Gasteiger partial charge in [0.05, 0.1) is 5.69 Å². The molecule has 0 saturated heterocycles. The average molecular weight is 317 g/mol. The fourth-order valence-electron chi connectivity index (χ4n) is 3.32. The maximum Gasteiger partial charge on any atom is 0.273 e. The van der Waals surface area contributed by atoms with Crippen LogP contribution >= 0.6 is 0 Å². The molecule has 0 aliphatic carbocycles. The molecule has 0 fully saturated rings. The van der Waals surface area contributed by atoms with Crippen molar-refractivity contribution in [1.82, 2.24) is 0 Å². The van der Waals surface area contributed by atoms with Gasteiger partial charge in [-0.05, 0) is 17.2 Å². The number of hydrogen-bond donors (Lipinski definition) is 0. The normalized spacial score (nSPS) is 19.4. The van der Waals surface area contributed by atoms with Crippen molar-refractivity contribution in [1.29, 1.82) is 0 Å². The number of para-hydroxylation sites is 1. The van der Waals surface area contributed by atoms with E-state index in [4.69, 9.17) is 0 Å². The van der Waals surface area contributed by atoms with Crippen LogP contribution in [-0.2, 0) is 10.5 Å². The number of rotatable bonds is 2. The van der Waals surface area contributed by atoms with Crippen LogP contribution in [0.3, 0.4) is 0 Å². The van der Waals surface area contributed by atoms with Crippen LogP contribution < -0.4 is 4.90 Å². The Morgan fingerprint density at radius 1 is 0.792 bits per heavy atom. The van der Waals surface area contributed by atoms with Gasteiger partial charge in [-0.15, -0.1) is 0 Å². The SMILES string of the molecule is CN1C(=O)[C@](F)(c2ccc(-c3ccccc3)cc2)c2ccccc21. The van der Waals surface area contributed by atoms with E-state index in [1.54, 1.807) is 37.4 Å². The molecule has 4 rings (SSSR count). The maximum absolute atomic E-state index is 15.8. The molecule has 0 radical (unpaired) electrons. The standard InChI is InChI=1S/C21H16FNO/c1-23-19-10-6-5-9-18(19)21(22,20(23)24)17-13-11-16(12-14-17)15-7-3-2-4-8-15/h2-14H,1H3/t21-/m0/s1. The van der Waals surface area contributed by atoms with Crippen molar-refractivity contribution in [3.63, 3.8) is 0 Å². The molecule has 0 saturated carbocycles. The molecule has 0 spiro atoms. The van der Waals surface area contributed by atoms with E-state index in [0.29, 0.717) is 16.8 Å². The number of halogens is 1. The molecule has 2 nitrogen and oxygen atoms in total. The van der Waals surface area contributed by atoms with Crippen molar-refractivity contribution in [3.05, 3.63) is 90.0 Å². The number of nitrogens with zero attached hydrogens (tertiary/aromatic N) is 1. The quantitative estimate of drug-likeness (QED) is 0.679. The highest BCUT2D eigenvalue weighted by Gasteiger charge is 2.51. The Balaban J connectivity index is 1.80. The van der Waals surface area contributed by atoms with Crippen molar-refractivity contribution in [2.45, 2.75) is 5.67 Å². The van der Waals surface area contributed by atoms with Crippen molar-refractivity contribution < 1.29 is 9.18 Å². The second-order valence-corrected chi connectivity index (χ2v) is 5.98. The van der Waals surface area contributed by atoms with Crippen LogP contribution in [-0.4, -0.2) is 13.0 Å². The Kier molecular flexibility index (Phi) is 3.24. The highest BCUT2D eigenvalue weighted by atomic mass is 19.1. The van der Waals surface area contributed by atoms with Crippen molar-refractivity contribution in [2.75, 3.05) is 11.9 Å². The van der Waals surface area contributed by atoms with Crippen LogP contribution in [0.25, 0.3) is 11.1 Å². The number of hydrogen-bond acceptors (Lipinski definition) is 1. The molecule has 3 aromatic carbocycles. The number of carbonyl (C=O) groups excluding carboxylic acids is 1. The van der Waals surface area contributed by atoms with Gasteiger partial charge in [-0.2, -0.15) is 0 Å². The number of likely N-dealkylation sites (N-methyl/N-ethyl adjacent to an activating group) is 1. The molecule has 1 aliphatic heterocycles. The van der Waals surface area contributed by atoms with Gasteiger partial charge in [-0.3, -0.25) is 4.79 Å². The van der Waals surface area contributed by atoms with Crippen LogP contribution in [0.5, 0.6) is 0 Å². The summed E-state index contributed by atoms with van der Waals surface area (Å²) in [7, 11) is 1.61. The molecule has 0 N–H and O–H groups in total. The van der Waals surface area contributed by atoms with E-state index in [0.717, 1.165) is 11.1 Å². The summed E-state index contributed by atoms with van der Waals surface area (Å²) in [6.07, 6.45) is 0. The minimum atomic E-state index is -2.12. The fraction of sp³-hybridized carbons (Fsp3) is 0.0952. The Bertz CT molecular complexity index is 905. The summed E-state index contributed by atoms with van der Waals surface area (Å²) in [5.41, 5.74) is 1.33. The summed E-state index contributed by atoms with van der Waals surface area (Å²) in [5, 5.41) is 0. The Labute approximate surface area is 140 Å². The average Bonchev–Trinajstić information content (AvgIpc) is 2.85. The molecule has 1 atom stereocenters. The van der Waals surface area contributed by atoms with Gasteiger partial charge in [0, 0.05) is 18.2 Å². The lowest BCUT2D eigenvalue weighted by Crippen LogP contribution is -2.35. The summed E-state index contributed by atoms with van der Waals surface area (Å²) in [5.74, 6) is -0.545. The van der Waals surface area contributed by atoms with Gasteiger partial charge in [0.25, 0.3) is 5.91 Å². The van der Waals surface area contributed by atoms with E-state index in [1.807, 2.05) is 48.5 Å². The third kappa shape index (κ3) is 1.98. The first-order chi connectivity index (χ1) is 11.6. The molecular weight excluding hydrogens is 301 g/mol. The van der Waals surface area contributed by atoms with E-state index in [1.165, 1.54) is 4.90 Å². The van der Waals surface area contributed by atoms with E-state index in [2.05, 4.69) is 0 Å². The topological polar surface area (TPSA) is 20.3 Å². The van der Waals surface area contributed by atoms with Crippen molar-refractivity contribution >= 4 is 11.6 Å². The van der Waals surface area contributed by atoms with E-state index < -0.39 is 11.6 Å². The number of alkyl halides is 1. The maximum atomic E-state index is 15.8. The third-order valence-electron chi connectivity index (χ3n) is 4.63. The molecule has 0 bridgehead atoms. The van der Waals surface area contributed by atoms with Crippen LogP contribution in [0.15, 0.2) is 78.9 Å². The number of carbonyl (C=O) groups is 1. The van der Waals surface area contributed by atoms with Gasteiger partial charge in [0.15, 0.2) is 0 Å². The monoisotopic (exact) mass is 317 g/mol. The third-order valence-corrected chi connectivity index (χ3v) is 4.63. The van der Waals surface area contributed by atoms with Gasteiger partial charge in [-0.1, -0.05) is 72.8 Å². The smallest absolute Gasteiger partial charge is 0.273 e. The first kappa shape index (κ1) is 14.6. The molecule has 3 aromatic rings. The van der Waals surface area contributed by atoms with Crippen molar-refractivity contribution in [3.8, 4) is 11.1 Å². The molecule has 0 aromatic heterocycles. The molecule has 1 aliphatic rings. The van der Waals surface area contributed by atoms with Crippen LogP contribution in [0.4, 0.5) is 10.1 Å².